The van der Waals surface area contributed by atoms with Crippen LogP contribution in [0.3, 0.4) is 0 Å². The highest BCUT2D eigenvalue weighted by molar-refractivity contribution is 5.95. The SMILES string of the molecule is COc1cc(C(=O)N2CCC(OCCC(C)C)C2)ccc1OCC(N)=O. The number of hydrogen-bond acceptors (Lipinski definition) is 5. The monoisotopic (exact) mass is 364 g/mol. The van der Waals surface area contributed by atoms with E-state index in [0.29, 0.717) is 36.1 Å². The summed E-state index contributed by atoms with van der Waals surface area (Å²) in [5, 5.41) is 0. The number of ether oxygens (including phenoxy) is 3. The highest BCUT2D eigenvalue weighted by Gasteiger charge is 2.28. The van der Waals surface area contributed by atoms with E-state index in [1.165, 1.54) is 7.11 Å². The molecule has 1 aliphatic heterocycles. The van der Waals surface area contributed by atoms with Gasteiger partial charge in [-0.05, 0) is 37.0 Å². The molecule has 1 heterocycles. The van der Waals surface area contributed by atoms with Gasteiger partial charge in [-0.15, -0.1) is 0 Å². The number of nitrogens with two attached hydrogens (primary N) is 1. The minimum absolute atomic E-state index is 0.0697. The number of amides is 2. The van der Waals surface area contributed by atoms with Crippen LogP contribution in [0.4, 0.5) is 0 Å². The first-order chi connectivity index (χ1) is 12.4. The van der Waals surface area contributed by atoms with Gasteiger partial charge in [-0.2, -0.15) is 0 Å². The van der Waals surface area contributed by atoms with Gasteiger partial charge in [-0.25, -0.2) is 0 Å². The van der Waals surface area contributed by atoms with Gasteiger partial charge in [-0.1, -0.05) is 13.8 Å². The Labute approximate surface area is 154 Å². The zero-order valence-corrected chi connectivity index (χ0v) is 15.7. The average molecular weight is 364 g/mol. The zero-order chi connectivity index (χ0) is 19.1. The summed E-state index contributed by atoms with van der Waals surface area (Å²) < 4.78 is 16.4. The normalized spacial score (nSPS) is 16.8. The van der Waals surface area contributed by atoms with Gasteiger partial charge in [0.2, 0.25) is 0 Å². The molecular formula is C19H28N2O5. The van der Waals surface area contributed by atoms with Crippen LogP contribution in [0.25, 0.3) is 0 Å². The van der Waals surface area contributed by atoms with Crippen molar-refractivity contribution in [2.45, 2.75) is 32.8 Å². The van der Waals surface area contributed by atoms with E-state index >= 15 is 0 Å². The summed E-state index contributed by atoms with van der Waals surface area (Å²) in [6, 6.07) is 4.89. The minimum Gasteiger partial charge on any atom is -0.493 e. The van der Waals surface area contributed by atoms with Gasteiger partial charge in [0.25, 0.3) is 11.8 Å². The molecule has 1 fully saturated rings. The molecule has 0 saturated carbocycles. The predicted octanol–water partition coefficient (Wildman–Crippen LogP) is 1.84. The molecule has 0 spiro atoms. The first kappa shape index (κ1) is 20.0. The highest BCUT2D eigenvalue weighted by atomic mass is 16.5. The summed E-state index contributed by atoms with van der Waals surface area (Å²) in [5.41, 5.74) is 5.59. The molecule has 1 saturated heterocycles. The lowest BCUT2D eigenvalue weighted by Crippen LogP contribution is -2.30. The molecule has 2 amide bonds. The van der Waals surface area contributed by atoms with Crippen LogP contribution in [0.1, 0.15) is 37.0 Å². The lowest BCUT2D eigenvalue weighted by molar-refractivity contribution is -0.119. The van der Waals surface area contributed by atoms with Gasteiger partial charge in [0.15, 0.2) is 18.1 Å². The Bertz CT molecular complexity index is 632. The van der Waals surface area contributed by atoms with E-state index in [1.54, 1.807) is 23.1 Å². The third kappa shape index (κ3) is 5.62. The van der Waals surface area contributed by atoms with Crippen molar-refractivity contribution in [3.05, 3.63) is 23.8 Å². The van der Waals surface area contributed by atoms with Crippen LogP contribution in [0.2, 0.25) is 0 Å². The standard InChI is InChI=1S/C19H28N2O5/c1-13(2)7-9-25-15-6-8-21(11-15)19(23)14-4-5-16(17(10-14)24-3)26-12-18(20)22/h4-5,10,13,15H,6-9,11-12H2,1-3H3,(H2,20,22). The molecule has 0 aliphatic carbocycles. The number of carbonyl (C=O) groups excluding carboxylic acids is 2. The molecule has 1 atom stereocenters. The third-order valence-corrected chi connectivity index (χ3v) is 4.26. The molecule has 0 radical (unpaired) electrons. The van der Waals surface area contributed by atoms with Crippen molar-refractivity contribution in [3.63, 3.8) is 0 Å². The maximum absolute atomic E-state index is 12.7. The minimum atomic E-state index is -0.576. The van der Waals surface area contributed by atoms with E-state index in [9.17, 15) is 9.59 Å². The van der Waals surface area contributed by atoms with Crippen LogP contribution < -0.4 is 15.2 Å². The largest absolute Gasteiger partial charge is 0.493 e. The first-order valence-corrected chi connectivity index (χ1v) is 8.90. The number of likely N-dealkylation sites (tertiary alicyclic amines) is 1. The summed E-state index contributed by atoms with van der Waals surface area (Å²) in [4.78, 5) is 25.4. The predicted molar refractivity (Wildman–Crippen MR) is 97.4 cm³/mol. The van der Waals surface area contributed by atoms with Crippen molar-refractivity contribution in [1.82, 2.24) is 4.90 Å². The van der Waals surface area contributed by atoms with Gasteiger partial charge >= 0.3 is 0 Å². The van der Waals surface area contributed by atoms with Gasteiger partial charge in [0.05, 0.1) is 13.2 Å². The van der Waals surface area contributed by atoms with Crippen molar-refractivity contribution >= 4 is 11.8 Å². The van der Waals surface area contributed by atoms with Gasteiger partial charge in [0.1, 0.15) is 0 Å². The molecule has 0 bridgehead atoms. The molecule has 26 heavy (non-hydrogen) atoms. The molecule has 2 N–H and O–H groups in total. The fraction of sp³-hybridized carbons (Fsp3) is 0.579. The molecular weight excluding hydrogens is 336 g/mol. The molecule has 1 unspecified atom stereocenters. The summed E-state index contributed by atoms with van der Waals surface area (Å²) in [7, 11) is 1.48. The van der Waals surface area contributed by atoms with Gasteiger partial charge < -0.3 is 24.8 Å². The number of primary amides is 1. The van der Waals surface area contributed by atoms with E-state index in [2.05, 4.69) is 13.8 Å². The van der Waals surface area contributed by atoms with Crippen molar-refractivity contribution in [2.75, 3.05) is 33.4 Å². The van der Waals surface area contributed by atoms with E-state index in [0.717, 1.165) is 19.4 Å². The molecule has 7 nitrogen and oxygen atoms in total. The second-order valence-electron chi connectivity index (χ2n) is 6.84. The van der Waals surface area contributed by atoms with Crippen molar-refractivity contribution in [1.29, 1.82) is 0 Å². The average Bonchev–Trinajstić information content (AvgIpc) is 3.07. The molecule has 1 aromatic carbocycles. The second kappa shape index (κ2) is 9.43. The molecule has 1 aliphatic rings. The maximum Gasteiger partial charge on any atom is 0.255 e. The number of carbonyl (C=O) groups is 2. The fourth-order valence-corrected chi connectivity index (χ4v) is 2.77. The number of methoxy groups -OCH3 is 1. The van der Waals surface area contributed by atoms with Crippen LogP contribution in [0.5, 0.6) is 11.5 Å². The Morgan fingerprint density at radius 1 is 1.31 bits per heavy atom. The van der Waals surface area contributed by atoms with Crippen LogP contribution in [-0.2, 0) is 9.53 Å². The Balaban J connectivity index is 1.95. The summed E-state index contributed by atoms with van der Waals surface area (Å²) >= 11 is 0. The zero-order valence-electron chi connectivity index (χ0n) is 15.7. The van der Waals surface area contributed by atoms with Crippen LogP contribution in [-0.4, -0.2) is 56.2 Å². The lowest BCUT2D eigenvalue weighted by Gasteiger charge is -2.18. The molecule has 1 aromatic rings. The fourth-order valence-electron chi connectivity index (χ4n) is 2.77. The highest BCUT2D eigenvalue weighted by Crippen LogP contribution is 2.29. The molecule has 0 aromatic heterocycles. The van der Waals surface area contributed by atoms with E-state index < -0.39 is 5.91 Å². The number of nitrogens with zero attached hydrogens (tertiary/aromatic N) is 1. The Hall–Kier alpha value is -2.28. The summed E-state index contributed by atoms with van der Waals surface area (Å²) in [6.45, 7) is 6.08. The number of benzene rings is 1. The van der Waals surface area contributed by atoms with Crippen LogP contribution in [0, 0.1) is 5.92 Å². The van der Waals surface area contributed by atoms with Gasteiger partial charge in [0, 0.05) is 25.3 Å². The molecule has 144 valence electrons. The van der Waals surface area contributed by atoms with Crippen molar-refractivity contribution in [2.24, 2.45) is 11.7 Å². The van der Waals surface area contributed by atoms with Crippen molar-refractivity contribution in [3.8, 4) is 11.5 Å². The van der Waals surface area contributed by atoms with Gasteiger partial charge in [-0.3, -0.25) is 9.59 Å². The van der Waals surface area contributed by atoms with Crippen LogP contribution in [0.15, 0.2) is 18.2 Å². The number of hydrogen-bond donors (Lipinski definition) is 1. The molecule has 2 rings (SSSR count). The Kier molecular flexibility index (Phi) is 7.26. The second-order valence-corrected chi connectivity index (χ2v) is 6.84. The summed E-state index contributed by atoms with van der Waals surface area (Å²) in [5.74, 6) is 0.726. The summed E-state index contributed by atoms with van der Waals surface area (Å²) in [6.07, 6.45) is 1.97. The smallest absolute Gasteiger partial charge is 0.255 e. The number of rotatable bonds is 9. The maximum atomic E-state index is 12.7. The Morgan fingerprint density at radius 2 is 2.08 bits per heavy atom. The van der Waals surface area contributed by atoms with Crippen molar-refractivity contribution < 1.29 is 23.8 Å². The van der Waals surface area contributed by atoms with E-state index in [4.69, 9.17) is 19.9 Å². The first-order valence-electron chi connectivity index (χ1n) is 8.90. The lowest BCUT2D eigenvalue weighted by atomic mass is 10.1. The Morgan fingerprint density at radius 3 is 2.73 bits per heavy atom. The molecule has 7 heteroatoms. The third-order valence-electron chi connectivity index (χ3n) is 4.26. The van der Waals surface area contributed by atoms with E-state index in [-0.39, 0.29) is 18.6 Å². The quantitative estimate of drug-likeness (QED) is 0.722. The topological polar surface area (TPSA) is 91.1 Å². The van der Waals surface area contributed by atoms with Crippen LogP contribution >= 0.6 is 0 Å². The van der Waals surface area contributed by atoms with E-state index in [1.807, 2.05) is 0 Å².